The number of hydrogen-bond donors (Lipinski definition) is 2. The van der Waals surface area contributed by atoms with Crippen LogP contribution >= 0.6 is 11.6 Å². The van der Waals surface area contributed by atoms with Gasteiger partial charge in [0.15, 0.2) is 0 Å². The second-order valence-electron chi connectivity index (χ2n) is 4.79. The molecule has 4 nitrogen and oxygen atoms in total. The molecule has 0 bridgehead atoms. The molecule has 2 amide bonds. The fourth-order valence-electron chi connectivity index (χ4n) is 1.68. The van der Waals surface area contributed by atoms with Gasteiger partial charge in [-0.25, -0.2) is 0 Å². The minimum atomic E-state index is -0.780. The molecular weight excluding hydrogens is 264 g/mol. The number of halogens is 1. The van der Waals surface area contributed by atoms with E-state index in [1.165, 1.54) is 0 Å². The lowest BCUT2D eigenvalue weighted by molar-refractivity contribution is -0.128. The number of carbonyl (C=O) groups excluding carboxylic acids is 2. The van der Waals surface area contributed by atoms with Crippen LogP contribution in [-0.2, 0) is 9.59 Å². The van der Waals surface area contributed by atoms with Crippen molar-refractivity contribution in [1.29, 1.82) is 0 Å². The summed E-state index contributed by atoms with van der Waals surface area (Å²) in [6, 6.07) is 8.78. The largest absolute Gasteiger partial charge is 0.352 e. The summed E-state index contributed by atoms with van der Waals surface area (Å²) in [4.78, 5) is 23.7. The van der Waals surface area contributed by atoms with Crippen molar-refractivity contribution < 1.29 is 9.59 Å². The highest BCUT2D eigenvalue weighted by Gasteiger charge is 2.27. The molecule has 1 aliphatic rings. The molecule has 1 aromatic carbocycles. The maximum Gasteiger partial charge on any atom is 0.243 e. The molecule has 0 saturated heterocycles. The van der Waals surface area contributed by atoms with Crippen LogP contribution in [0.1, 0.15) is 30.7 Å². The summed E-state index contributed by atoms with van der Waals surface area (Å²) in [6.45, 7) is 1.66. The number of rotatable bonds is 5. The lowest BCUT2D eigenvalue weighted by Gasteiger charge is -2.16. The first-order valence-corrected chi connectivity index (χ1v) is 6.81. The lowest BCUT2D eigenvalue weighted by atomic mass is 10.1. The van der Waals surface area contributed by atoms with E-state index in [9.17, 15) is 9.59 Å². The first-order chi connectivity index (χ1) is 9.08. The molecular formula is C14H17ClN2O2. The van der Waals surface area contributed by atoms with Crippen molar-refractivity contribution >= 4 is 23.4 Å². The summed E-state index contributed by atoms with van der Waals surface area (Å²) in [5, 5.41) is 4.69. The number of hydrogen-bond acceptors (Lipinski definition) is 2. The van der Waals surface area contributed by atoms with Crippen LogP contribution in [0.2, 0.25) is 0 Å². The highest BCUT2D eigenvalue weighted by atomic mass is 35.5. The van der Waals surface area contributed by atoms with Crippen LogP contribution in [0.3, 0.4) is 0 Å². The Bertz CT molecular complexity index is 460. The van der Waals surface area contributed by atoms with Crippen molar-refractivity contribution in [1.82, 2.24) is 10.6 Å². The molecule has 0 aromatic heterocycles. The summed E-state index contributed by atoms with van der Waals surface area (Å²) in [6.07, 6.45) is 2.04. The Hall–Kier alpha value is -1.55. The maximum absolute atomic E-state index is 11.9. The van der Waals surface area contributed by atoms with Crippen LogP contribution in [0, 0.1) is 0 Å². The lowest BCUT2D eigenvalue weighted by Crippen LogP contribution is -2.46. The summed E-state index contributed by atoms with van der Waals surface area (Å²) in [5.74, 6) is -0.515. The Morgan fingerprint density at radius 3 is 2.42 bits per heavy atom. The zero-order valence-corrected chi connectivity index (χ0v) is 11.5. The topological polar surface area (TPSA) is 58.2 Å². The molecule has 1 fully saturated rings. The Kier molecular flexibility index (Phi) is 4.43. The third-order valence-electron chi connectivity index (χ3n) is 3.00. The molecule has 2 unspecified atom stereocenters. The molecule has 1 aliphatic carbocycles. The van der Waals surface area contributed by atoms with Gasteiger partial charge in [0.05, 0.1) is 0 Å². The second kappa shape index (κ2) is 6.06. The van der Waals surface area contributed by atoms with Crippen molar-refractivity contribution in [2.45, 2.75) is 37.2 Å². The average molecular weight is 281 g/mol. The molecule has 0 spiro atoms. The number of alkyl halides is 1. The van der Waals surface area contributed by atoms with E-state index >= 15 is 0 Å². The third kappa shape index (κ3) is 3.96. The van der Waals surface area contributed by atoms with Crippen molar-refractivity contribution in [3.05, 3.63) is 35.9 Å². The average Bonchev–Trinajstić information content (AvgIpc) is 3.22. The maximum atomic E-state index is 11.9. The van der Waals surface area contributed by atoms with Crippen LogP contribution < -0.4 is 10.6 Å². The third-order valence-corrected chi connectivity index (χ3v) is 3.45. The van der Waals surface area contributed by atoms with Crippen LogP contribution in [0.15, 0.2) is 30.3 Å². The summed E-state index contributed by atoms with van der Waals surface area (Å²) in [7, 11) is 0. The number of benzene rings is 1. The van der Waals surface area contributed by atoms with E-state index in [2.05, 4.69) is 10.6 Å². The number of amides is 2. The minimum absolute atomic E-state index is 0.159. The first-order valence-electron chi connectivity index (χ1n) is 6.37. The van der Waals surface area contributed by atoms with E-state index < -0.39 is 11.4 Å². The van der Waals surface area contributed by atoms with Crippen molar-refractivity contribution in [3.63, 3.8) is 0 Å². The minimum Gasteiger partial charge on any atom is -0.352 e. The molecule has 5 heteroatoms. The number of carbonyl (C=O) groups is 2. The molecule has 2 rings (SSSR count). The molecule has 2 atom stereocenters. The quantitative estimate of drug-likeness (QED) is 0.808. The van der Waals surface area contributed by atoms with E-state index in [-0.39, 0.29) is 17.9 Å². The van der Waals surface area contributed by atoms with E-state index in [0.29, 0.717) is 0 Å². The van der Waals surface area contributed by atoms with Gasteiger partial charge in [-0.3, -0.25) is 9.59 Å². The molecule has 1 aromatic rings. The van der Waals surface area contributed by atoms with Gasteiger partial charge in [-0.2, -0.15) is 0 Å². The van der Waals surface area contributed by atoms with Crippen molar-refractivity contribution in [3.8, 4) is 0 Å². The number of nitrogens with one attached hydrogen (secondary N) is 2. The van der Waals surface area contributed by atoms with Crippen LogP contribution in [0.5, 0.6) is 0 Å². The highest BCUT2D eigenvalue weighted by molar-refractivity contribution is 6.30. The van der Waals surface area contributed by atoms with Crippen LogP contribution in [0.25, 0.3) is 0 Å². The molecule has 19 heavy (non-hydrogen) atoms. The van der Waals surface area contributed by atoms with Gasteiger partial charge in [0, 0.05) is 6.04 Å². The van der Waals surface area contributed by atoms with Gasteiger partial charge in [-0.1, -0.05) is 30.3 Å². The van der Waals surface area contributed by atoms with E-state index in [0.717, 1.165) is 18.4 Å². The van der Waals surface area contributed by atoms with E-state index in [1.807, 2.05) is 18.2 Å². The van der Waals surface area contributed by atoms with Gasteiger partial charge in [-0.15, -0.1) is 11.6 Å². The molecule has 102 valence electrons. The van der Waals surface area contributed by atoms with E-state index in [1.54, 1.807) is 19.1 Å². The van der Waals surface area contributed by atoms with Crippen LogP contribution in [0.4, 0.5) is 0 Å². The smallest absolute Gasteiger partial charge is 0.243 e. The fraction of sp³-hybridized carbons (Fsp3) is 0.429. The normalized spacial score (nSPS) is 17.4. The standard InChI is InChI=1S/C14H17ClN2O2/c1-9(13(18)17-11-7-8-11)16-14(19)12(15)10-5-3-2-4-6-10/h2-6,9,11-12H,7-8H2,1H3,(H,16,19)(H,17,18). The van der Waals surface area contributed by atoms with Crippen molar-refractivity contribution in [2.75, 3.05) is 0 Å². The van der Waals surface area contributed by atoms with Crippen molar-refractivity contribution in [2.24, 2.45) is 0 Å². The predicted octanol–water partition coefficient (Wildman–Crippen LogP) is 1.75. The first kappa shape index (κ1) is 13.9. The monoisotopic (exact) mass is 280 g/mol. The Labute approximate surface area is 117 Å². The van der Waals surface area contributed by atoms with Gasteiger partial charge >= 0.3 is 0 Å². The van der Waals surface area contributed by atoms with Gasteiger partial charge in [-0.05, 0) is 25.3 Å². The van der Waals surface area contributed by atoms with Gasteiger partial charge in [0.2, 0.25) is 11.8 Å². The highest BCUT2D eigenvalue weighted by Crippen LogP contribution is 2.20. The van der Waals surface area contributed by atoms with Crippen LogP contribution in [-0.4, -0.2) is 23.9 Å². The zero-order chi connectivity index (χ0) is 13.8. The van der Waals surface area contributed by atoms with E-state index in [4.69, 9.17) is 11.6 Å². The van der Waals surface area contributed by atoms with Gasteiger partial charge in [0.1, 0.15) is 11.4 Å². The second-order valence-corrected chi connectivity index (χ2v) is 5.22. The SMILES string of the molecule is CC(NC(=O)C(Cl)c1ccccc1)C(=O)NC1CC1. The molecule has 2 N–H and O–H groups in total. The summed E-state index contributed by atoms with van der Waals surface area (Å²) >= 11 is 6.08. The Morgan fingerprint density at radius 1 is 1.21 bits per heavy atom. The fourth-order valence-corrected chi connectivity index (χ4v) is 1.89. The Morgan fingerprint density at radius 2 is 1.84 bits per heavy atom. The summed E-state index contributed by atoms with van der Waals surface area (Å²) < 4.78 is 0. The zero-order valence-electron chi connectivity index (χ0n) is 10.7. The molecule has 0 radical (unpaired) electrons. The predicted molar refractivity (Wildman–Crippen MR) is 73.8 cm³/mol. The molecule has 0 aliphatic heterocycles. The Balaban J connectivity index is 1.87. The summed E-state index contributed by atoms with van der Waals surface area (Å²) in [5.41, 5.74) is 0.719. The molecule has 1 saturated carbocycles. The van der Waals surface area contributed by atoms with Gasteiger partial charge < -0.3 is 10.6 Å². The van der Waals surface area contributed by atoms with Gasteiger partial charge in [0.25, 0.3) is 0 Å². The molecule has 0 heterocycles.